The number of hydrogen-bond donors (Lipinski definition) is 1. The van der Waals surface area contributed by atoms with E-state index in [1.165, 1.54) is 6.07 Å². The number of halogens is 1. The van der Waals surface area contributed by atoms with Crippen LogP contribution in [-0.2, 0) is 17.9 Å². The summed E-state index contributed by atoms with van der Waals surface area (Å²) in [6.45, 7) is 7.14. The zero-order valence-electron chi connectivity index (χ0n) is 10.9. The quantitative estimate of drug-likeness (QED) is 0.827. The Morgan fingerprint density at radius 1 is 1.29 bits per heavy atom. The van der Waals surface area contributed by atoms with Crippen molar-refractivity contribution >= 4 is 0 Å². The minimum atomic E-state index is -0.244. The molecule has 0 radical (unpaired) electrons. The van der Waals surface area contributed by atoms with E-state index in [0.717, 1.165) is 12.0 Å². The maximum Gasteiger partial charge on any atom is 0.127 e. The third-order valence-corrected chi connectivity index (χ3v) is 2.67. The first kappa shape index (κ1) is 14.1. The molecule has 3 heteroatoms. The summed E-state index contributed by atoms with van der Waals surface area (Å²) in [5, 5.41) is 0. The average Bonchev–Trinajstić information content (AvgIpc) is 2.27. The molecule has 0 aliphatic rings. The van der Waals surface area contributed by atoms with Crippen LogP contribution in [-0.4, -0.2) is 6.10 Å². The number of benzene rings is 1. The normalized spacial score (nSPS) is 13.1. The van der Waals surface area contributed by atoms with E-state index in [1.54, 1.807) is 12.1 Å². The highest BCUT2D eigenvalue weighted by Gasteiger charge is 2.07. The maximum atomic E-state index is 13.2. The van der Waals surface area contributed by atoms with Crippen LogP contribution in [0.1, 0.15) is 38.3 Å². The van der Waals surface area contributed by atoms with E-state index in [4.69, 9.17) is 10.5 Å². The third kappa shape index (κ3) is 4.84. The molecule has 1 aromatic carbocycles. The summed E-state index contributed by atoms with van der Waals surface area (Å²) in [7, 11) is 0. The van der Waals surface area contributed by atoms with E-state index >= 15 is 0 Å². The van der Waals surface area contributed by atoms with Crippen molar-refractivity contribution in [1.82, 2.24) is 0 Å². The summed E-state index contributed by atoms with van der Waals surface area (Å²) >= 11 is 0. The Labute approximate surface area is 103 Å². The highest BCUT2D eigenvalue weighted by atomic mass is 19.1. The zero-order valence-corrected chi connectivity index (χ0v) is 10.9. The van der Waals surface area contributed by atoms with Crippen molar-refractivity contribution in [1.29, 1.82) is 0 Å². The first-order valence-corrected chi connectivity index (χ1v) is 6.12. The molecule has 2 N–H and O–H groups in total. The van der Waals surface area contributed by atoms with Crippen LogP contribution in [0.4, 0.5) is 4.39 Å². The van der Waals surface area contributed by atoms with Gasteiger partial charge in [-0.25, -0.2) is 4.39 Å². The van der Waals surface area contributed by atoms with Gasteiger partial charge in [-0.2, -0.15) is 0 Å². The Hall–Kier alpha value is -0.930. The second-order valence-electron chi connectivity index (χ2n) is 4.88. The fourth-order valence-corrected chi connectivity index (χ4v) is 1.84. The van der Waals surface area contributed by atoms with Crippen molar-refractivity contribution in [3.63, 3.8) is 0 Å². The van der Waals surface area contributed by atoms with Gasteiger partial charge in [0, 0.05) is 12.1 Å². The van der Waals surface area contributed by atoms with Gasteiger partial charge in [0.15, 0.2) is 0 Å². The SMILES string of the molecule is CC(C)CC(C)OCc1ccc(F)c(CN)c1. The van der Waals surface area contributed by atoms with Gasteiger partial charge in [0.2, 0.25) is 0 Å². The van der Waals surface area contributed by atoms with E-state index in [1.807, 2.05) is 0 Å². The molecule has 1 rings (SSSR count). The van der Waals surface area contributed by atoms with E-state index < -0.39 is 0 Å². The first-order valence-electron chi connectivity index (χ1n) is 6.12. The number of rotatable bonds is 6. The molecule has 0 saturated carbocycles. The lowest BCUT2D eigenvalue weighted by atomic mass is 10.1. The van der Waals surface area contributed by atoms with Crippen LogP contribution in [0.5, 0.6) is 0 Å². The predicted molar refractivity (Wildman–Crippen MR) is 68.0 cm³/mol. The lowest BCUT2D eigenvalue weighted by molar-refractivity contribution is 0.0396. The molecular weight excluding hydrogens is 217 g/mol. The fourth-order valence-electron chi connectivity index (χ4n) is 1.84. The van der Waals surface area contributed by atoms with Gasteiger partial charge in [0.1, 0.15) is 5.82 Å². The monoisotopic (exact) mass is 239 g/mol. The second-order valence-corrected chi connectivity index (χ2v) is 4.88. The molecule has 17 heavy (non-hydrogen) atoms. The summed E-state index contributed by atoms with van der Waals surface area (Å²) in [5.41, 5.74) is 6.98. The molecule has 0 aliphatic heterocycles. The topological polar surface area (TPSA) is 35.2 Å². The molecule has 0 heterocycles. The molecule has 0 amide bonds. The van der Waals surface area contributed by atoms with Crippen molar-refractivity contribution in [2.75, 3.05) is 0 Å². The van der Waals surface area contributed by atoms with Crippen molar-refractivity contribution < 1.29 is 9.13 Å². The summed E-state index contributed by atoms with van der Waals surface area (Å²) < 4.78 is 18.9. The van der Waals surface area contributed by atoms with Crippen molar-refractivity contribution in [2.24, 2.45) is 11.7 Å². The molecule has 0 saturated heterocycles. The van der Waals surface area contributed by atoms with Crippen LogP contribution in [0.25, 0.3) is 0 Å². The summed E-state index contributed by atoms with van der Waals surface area (Å²) in [4.78, 5) is 0. The summed E-state index contributed by atoms with van der Waals surface area (Å²) in [6, 6.07) is 4.97. The Bertz CT molecular complexity index is 352. The summed E-state index contributed by atoms with van der Waals surface area (Å²) in [5.74, 6) is 0.379. The number of hydrogen-bond acceptors (Lipinski definition) is 2. The van der Waals surface area contributed by atoms with Gasteiger partial charge in [-0.3, -0.25) is 0 Å². The molecule has 96 valence electrons. The first-order chi connectivity index (χ1) is 8.02. The van der Waals surface area contributed by atoms with Crippen LogP contribution in [0, 0.1) is 11.7 Å². The van der Waals surface area contributed by atoms with Gasteiger partial charge in [0.25, 0.3) is 0 Å². The van der Waals surface area contributed by atoms with Crippen LogP contribution in [0.2, 0.25) is 0 Å². The van der Waals surface area contributed by atoms with Gasteiger partial charge in [0.05, 0.1) is 12.7 Å². The number of ether oxygens (including phenoxy) is 1. The molecule has 2 nitrogen and oxygen atoms in total. The van der Waals surface area contributed by atoms with Crippen LogP contribution in [0.3, 0.4) is 0 Å². The molecule has 0 bridgehead atoms. The Morgan fingerprint density at radius 2 is 2.00 bits per heavy atom. The van der Waals surface area contributed by atoms with E-state index in [2.05, 4.69) is 20.8 Å². The molecule has 1 atom stereocenters. The van der Waals surface area contributed by atoms with Gasteiger partial charge in [-0.05, 0) is 37.0 Å². The zero-order chi connectivity index (χ0) is 12.8. The van der Waals surface area contributed by atoms with Gasteiger partial charge < -0.3 is 10.5 Å². The minimum Gasteiger partial charge on any atom is -0.374 e. The summed E-state index contributed by atoms with van der Waals surface area (Å²) in [6.07, 6.45) is 1.26. The van der Waals surface area contributed by atoms with Crippen molar-refractivity contribution in [3.05, 3.63) is 35.1 Å². The van der Waals surface area contributed by atoms with E-state index in [-0.39, 0.29) is 18.5 Å². The average molecular weight is 239 g/mol. The van der Waals surface area contributed by atoms with Gasteiger partial charge in [-0.15, -0.1) is 0 Å². The van der Waals surface area contributed by atoms with Gasteiger partial charge in [-0.1, -0.05) is 19.9 Å². The lowest BCUT2D eigenvalue weighted by Crippen LogP contribution is -2.11. The Balaban J connectivity index is 2.52. The second kappa shape index (κ2) is 6.72. The van der Waals surface area contributed by atoms with E-state index in [0.29, 0.717) is 18.1 Å². The minimum absolute atomic E-state index is 0.223. The molecule has 0 spiro atoms. The molecule has 1 aromatic rings. The lowest BCUT2D eigenvalue weighted by Gasteiger charge is -2.15. The molecule has 0 aromatic heterocycles. The van der Waals surface area contributed by atoms with Gasteiger partial charge >= 0.3 is 0 Å². The molecule has 0 fully saturated rings. The van der Waals surface area contributed by atoms with Crippen LogP contribution >= 0.6 is 0 Å². The third-order valence-electron chi connectivity index (χ3n) is 2.67. The Morgan fingerprint density at radius 3 is 2.59 bits per heavy atom. The molecule has 0 aliphatic carbocycles. The fraction of sp³-hybridized carbons (Fsp3) is 0.571. The molecular formula is C14H22FNO. The highest BCUT2D eigenvalue weighted by Crippen LogP contribution is 2.14. The smallest absolute Gasteiger partial charge is 0.127 e. The number of nitrogens with two attached hydrogens (primary N) is 1. The van der Waals surface area contributed by atoms with Crippen LogP contribution in [0.15, 0.2) is 18.2 Å². The Kier molecular flexibility index (Phi) is 5.59. The largest absolute Gasteiger partial charge is 0.374 e. The highest BCUT2D eigenvalue weighted by molar-refractivity contribution is 5.24. The standard InChI is InChI=1S/C14H22FNO/c1-10(2)6-11(3)17-9-12-4-5-14(15)13(7-12)8-16/h4-5,7,10-11H,6,8-9,16H2,1-3H3. The molecule has 1 unspecified atom stereocenters. The van der Waals surface area contributed by atoms with E-state index in [9.17, 15) is 4.39 Å². The predicted octanol–water partition coefficient (Wildman–Crippen LogP) is 3.24. The van der Waals surface area contributed by atoms with Crippen molar-refractivity contribution in [2.45, 2.75) is 46.4 Å². The maximum absolute atomic E-state index is 13.2. The van der Waals surface area contributed by atoms with Crippen LogP contribution < -0.4 is 5.73 Å². The van der Waals surface area contributed by atoms with Crippen molar-refractivity contribution in [3.8, 4) is 0 Å².